The third-order valence-corrected chi connectivity index (χ3v) is 3.20. The van der Waals surface area contributed by atoms with Crippen molar-refractivity contribution in [1.29, 1.82) is 0 Å². The Bertz CT molecular complexity index is 448. The molecule has 0 amide bonds. The average molecular weight is 265 g/mol. The Balaban J connectivity index is 2.20. The van der Waals surface area contributed by atoms with Crippen molar-refractivity contribution in [1.82, 2.24) is 0 Å². The molecule has 0 aromatic heterocycles. The lowest BCUT2D eigenvalue weighted by Crippen LogP contribution is -2.45. The van der Waals surface area contributed by atoms with Crippen molar-refractivity contribution in [2.24, 2.45) is 5.73 Å². The van der Waals surface area contributed by atoms with E-state index in [0.29, 0.717) is 0 Å². The predicted octanol–water partition coefficient (Wildman–Crippen LogP) is 3.37. The van der Waals surface area contributed by atoms with Crippen LogP contribution in [-0.2, 0) is 12.6 Å². The molecule has 0 atom stereocenters. The summed E-state index contributed by atoms with van der Waals surface area (Å²) >= 11 is 0. The zero-order chi connectivity index (χ0) is 13.6. The van der Waals surface area contributed by atoms with Crippen LogP contribution in [0.3, 0.4) is 0 Å². The summed E-state index contributed by atoms with van der Waals surface area (Å²) < 4.78 is 64.7. The van der Waals surface area contributed by atoms with E-state index in [0.717, 1.165) is 18.2 Å². The highest BCUT2D eigenvalue weighted by molar-refractivity contribution is 5.28. The second-order valence-electron chi connectivity index (χ2n) is 4.74. The fraction of sp³-hybridized carbons (Fsp3) is 0.500. The van der Waals surface area contributed by atoms with Gasteiger partial charge in [0.05, 0.1) is 11.1 Å². The van der Waals surface area contributed by atoms with Crippen LogP contribution in [0.4, 0.5) is 22.0 Å². The fourth-order valence-corrected chi connectivity index (χ4v) is 1.79. The van der Waals surface area contributed by atoms with Crippen molar-refractivity contribution in [3.63, 3.8) is 0 Å². The summed E-state index contributed by atoms with van der Waals surface area (Å²) in [5, 5.41) is 0. The minimum absolute atomic E-state index is 0.0495. The van der Waals surface area contributed by atoms with Crippen LogP contribution in [0.25, 0.3) is 0 Å². The third kappa shape index (κ3) is 2.48. The molecule has 1 nitrogen and oxygen atoms in total. The monoisotopic (exact) mass is 265 g/mol. The zero-order valence-corrected chi connectivity index (χ0v) is 9.40. The van der Waals surface area contributed by atoms with Crippen LogP contribution in [0, 0.1) is 0 Å². The van der Waals surface area contributed by atoms with Crippen LogP contribution in [0.15, 0.2) is 24.3 Å². The minimum Gasteiger partial charge on any atom is -0.320 e. The Labute approximate surface area is 101 Å². The van der Waals surface area contributed by atoms with Gasteiger partial charge in [0.25, 0.3) is 5.92 Å². The Morgan fingerprint density at radius 2 is 1.72 bits per heavy atom. The molecular weight excluding hydrogens is 253 g/mol. The second-order valence-corrected chi connectivity index (χ2v) is 4.74. The van der Waals surface area contributed by atoms with Crippen molar-refractivity contribution < 1.29 is 22.0 Å². The lowest BCUT2D eigenvalue weighted by atomic mass is 9.98. The molecule has 0 spiro atoms. The number of halogens is 5. The Kier molecular flexibility index (Phi) is 2.88. The molecule has 6 heteroatoms. The maximum atomic E-state index is 13.7. The SMILES string of the molecule is NC1(C(F)(F)Cc2cccc(C(F)(F)F)c2)CC1. The van der Waals surface area contributed by atoms with Gasteiger partial charge in [0.1, 0.15) is 0 Å². The molecule has 2 rings (SSSR count). The molecule has 18 heavy (non-hydrogen) atoms. The van der Waals surface area contributed by atoms with Gasteiger partial charge in [-0.2, -0.15) is 13.2 Å². The van der Waals surface area contributed by atoms with Crippen LogP contribution in [0.5, 0.6) is 0 Å². The maximum absolute atomic E-state index is 13.7. The van der Waals surface area contributed by atoms with Gasteiger partial charge in [0, 0.05) is 6.42 Å². The first-order chi connectivity index (χ1) is 8.14. The summed E-state index contributed by atoms with van der Waals surface area (Å²) in [6.45, 7) is 0. The second kappa shape index (κ2) is 3.91. The number of rotatable bonds is 3. The van der Waals surface area contributed by atoms with Gasteiger partial charge in [-0.15, -0.1) is 0 Å². The summed E-state index contributed by atoms with van der Waals surface area (Å²) in [7, 11) is 0. The number of nitrogens with two attached hydrogens (primary N) is 1. The molecule has 0 heterocycles. The van der Waals surface area contributed by atoms with E-state index in [9.17, 15) is 22.0 Å². The van der Waals surface area contributed by atoms with Gasteiger partial charge in [-0.25, -0.2) is 8.78 Å². The summed E-state index contributed by atoms with van der Waals surface area (Å²) in [4.78, 5) is 0. The van der Waals surface area contributed by atoms with E-state index in [1.807, 2.05) is 0 Å². The van der Waals surface area contributed by atoms with Crippen LogP contribution in [-0.4, -0.2) is 11.5 Å². The number of alkyl halides is 5. The summed E-state index contributed by atoms with van der Waals surface area (Å²) in [6, 6.07) is 4.00. The van der Waals surface area contributed by atoms with Crippen LogP contribution >= 0.6 is 0 Å². The smallest absolute Gasteiger partial charge is 0.320 e. The number of hydrogen-bond donors (Lipinski definition) is 1. The first kappa shape index (κ1) is 13.3. The fourth-order valence-electron chi connectivity index (χ4n) is 1.79. The first-order valence-corrected chi connectivity index (χ1v) is 5.47. The zero-order valence-electron chi connectivity index (χ0n) is 9.40. The van der Waals surface area contributed by atoms with Crippen molar-refractivity contribution in [2.45, 2.75) is 36.9 Å². The standard InChI is InChI=1S/C12H12F5N/c13-11(14,10(18)4-5-10)7-8-2-1-3-9(6-8)12(15,16)17/h1-3,6H,4-5,7,18H2. The highest BCUT2D eigenvalue weighted by Crippen LogP contribution is 2.47. The largest absolute Gasteiger partial charge is 0.416 e. The third-order valence-electron chi connectivity index (χ3n) is 3.20. The molecule has 1 aliphatic rings. The van der Waals surface area contributed by atoms with Crippen molar-refractivity contribution in [2.75, 3.05) is 0 Å². The summed E-state index contributed by atoms with van der Waals surface area (Å²) in [5.41, 5.74) is 2.92. The van der Waals surface area contributed by atoms with Gasteiger partial charge in [0.15, 0.2) is 0 Å². The Hall–Kier alpha value is -1.17. The lowest BCUT2D eigenvalue weighted by molar-refractivity contribution is -0.137. The average Bonchev–Trinajstić information content (AvgIpc) is 2.97. The molecule has 0 bridgehead atoms. The maximum Gasteiger partial charge on any atom is 0.416 e. The van der Waals surface area contributed by atoms with Gasteiger partial charge in [-0.3, -0.25) is 0 Å². The molecule has 1 fully saturated rings. The van der Waals surface area contributed by atoms with E-state index in [1.54, 1.807) is 0 Å². The molecule has 100 valence electrons. The Morgan fingerprint density at radius 1 is 1.11 bits per heavy atom. The van der Waals surface area contributed by atoms with Crippen LogP contribution in [0.2, 0.25) is 0 Å². The molecule has 0 saturated heterocycles. The summed E-state index contributed by atoms with van der Waals surface area (Å²) in [6.07, 6.45) is -4.86. The van der Waals surface area contributed by atoms with Crippen LogP contribution in [0.1, 0.15) is 24.0 Å². The van der Waals surface area contributed by atoms with E-state index >= 15 is 0 Å². The first-order valence-electron chi connectivity index (χ1n) is 5.47. The van der Waals surface area contributed by atoms with E-state index < -0.39 is 29.6 Å². The normalized spacial score (nSPS) is 18.8. The minimum atomic E-state index is -4.52. The Morgan fingerprint density at radius 3 is 2.22 bits per heavy atom. The van der Waals surface area contributed by atoms with Gasteiger partial charge in [-0.1, -0.05) is 18.2 Å². The predicted molar refractivity (Wildman–Crippen MR) is 56.2 cm³/mol. The van der Waals surface area contributed by atoms with Gasteiger partial charge >= 0.3 is 6.18 Å². The quantitative estimate of drug-likeness (QED) is 0.833. The molecule has 1 saturated carbocycles. The van der Waals surface area contributed by atoms with Gasteiger partial charge < -0.3 is 5.73 Å². The molecule has 1 aromatic carbocycles. The molecule has 0 unspecified atom stereocenters. The van der Waals surface area contributed by atoms with E-state index in [1.165, 1.54) is 6.07 Å². The lowest BCUT2D eigenvalue weighted by Gasteiger charge is -2.23. The van der Waals surface area contributed by atoms with E-state index in [4.69, 9.17) is 5.73 Å². The van der Waals surface area contributed by atoms with Crippen LogP contribution < -0.4 is 5.73 Å². The van der Waals surface area contributed by atoms with Gasteiger partial charge in [0.2, 0.25) is 0 Å². The van der Waals surface area contributed by atoms with Crippen molar-refractivity contribution in [3.8, 4) is 0 Å². The molecule has 0 radical (unpaired) electrons. The molecular formula is C12H12F5N. The molecule has 2 N–H and O–H groups in total. The number of hydrogen-bond acceptors (Lipinski definition) is 1. The molecule has 0 aliphatic heterocycles. The van der Waals surface area contributed by atoms with E-state index in [-0.39, 0.29) is 18.4 Å². The van der Waals surface area contributed by atoms with Crippen molar-refractivity contribution in [3.05, 3.63) is 35.4 Å². The highest BCUT2D eigenvalue weighted by atomic mass is 19.4. The topological polar surface area (TPSA) is 26.0 Å². The molecule has 1 aromatic rings. The summed E-state index contributed by atoms with van der Waals surface area (Å²) in [5.74, 6) is -3.17. The highest BCUT2D eigenvalue weighted by Gasteiger charge is 2.58. The van der Waals surface area contributed by atoms with Crippen molar-refractivity contribution >= 4 is 0 Å². The number of benzene rings is 1. The van der Waals surface area contributed by atoms with Gasteiger partial charge in [-0.05, 0) is 24.5 Å². The van der Waals surface area contributed by atoms with E-state index in [2.05, 4.69) is 0 Å². The molecule has 1 aliphatic carbocycles.